The highest BCUT2D eigenvalue weighted by Crippen LogP contribution is 2.57. The molecular weight excluding hydrogens is 184 g/mol. The molecule has 1 nitrogen and oxygen atoms in total. The number of hydrogen-bond acceptors (Lipinski definition) is 1. The molecule has 0 aromatic carbocycles. The fraction of sp³-hybridized carbons (Fsp3) is 1.00. The van der Waals surface area contributed by atoms with E-state index in [9.17, 15) is 0 Å². The van der Waals surface area contributed by atoms with Gasteiger partial charge in [0.15, 0.2) is 0 Å². The molecule has 0 radical (unpaired) electrons. The Morgan fingerprint density at radius 2 is 1.47 bits per heavy atom. The second-order valence-corrected chi connectivity index (χ2v) is 6.81. The van der Waals surface area contributed by atoms with Gasteiger partial charge in [0, 0.05) is 6.61 Å². The molecule has 4 fully saturated rings. The van der Waals surface area contributed by atoms with E-state index in [0.29, 0.717) is 11.5 Å². The number of hydrogen-bond donors (Lipinski definition) is 0. The van der Waals surface area contributed by atoms with Gasteiger partial charge >= 0.3 is 0 Å². The SMILES string of the molecule is CC(C)COC12CC3CC(CC(C3)C1)C2. The van der Waals surface area contributed by atoms with Crippen LogP contribution in [-0.2, 0) is 4.74 Å². The molecule has 4 aliphatic carbocycles. The van der Waals surface area contributed by atoms with Crippen LogP contribution in [-0.4, -0.2) is 12.2 Å². The topological polar surface area (TPSA) is 9.23 Å². The molecular formula is C14H24O. The van der Waals surface area contributed by atoms with Gasteiger partial charge in [0.05, 0.1) is 5.60 Å². The average Bonchev–Trinajstić information content (AvgIpc) is 2.12. The van der Waals surface area contributed by atoms with Crippen molar-refractivity contribution in [2.45, 2.75) is 58.0 Å². The Kier molecular flexibility index (Phi) is 2.35. The van der Waals surface area contributed by atoms with Gasteiger partial charge in [-0.2, -0.15) is 0 Å². The molecule has 0 unspecified atom stereocenters. The normalized spacial score (nSPS) is 47.8. The zero-order valence-electron chi connectivity index (χ0n) is 10.2. The van der Waals surface area contributed by atoms with E-state index in [2.05, 4.69) is 13.8 Å². The maximum Gasteiger partial charge on any atom is 0.0690 e. The first kappa shape index (κ1) is 10.1. The first-order valence-electron chi connectivity index (χ1n) is 6.79. The van der Waals surface area contributed by atoms with Crippen molar-refractivity contribution in [2.24, 2.45) is 23.7 Å². The highest BCUT2D eigenvalue weighted by Gasteiger charge is 2.51. The standard InChI is InChI=1S/C14H24O/c1-10(2)9-15-14-6-11-3-12(7-14)5-13(4-11)8-14/h10-13H,3-9H2,1-2H3. The van der Waals surface area contributed by atoms with Gasteiger partial charge in [-0.1, -0.05) is 13.8 Å². The van der Waals surface area contributed by atoms with E-state index in [1.54, 1.807) is 0 Å². The van der Waals surface area contributed by atoms with E-state index in [1.807, 2.05) is 0 Å². The monoisotopic (exact) mass is 208 g/mol. The summed E-state index contributed by atoms with van der Waals surface area (Å²) in [5, 5.41) is 0. The lowest BCUT2D eigenvalue weighted by molar-refractivity contribution is -0.167. The second kappa shape index (κ2) is 3.48. The van der Waals surface area contributed by atoms with Crippen molar-refractivity contribution in [3.8, 4) is 0 Å². The van der Waals surface area contributed by atoms with Crippen molar-refractivity contribution in [1.29, 1.82) is 0 Å². The fourth-order valence-corrected chi connectivity index (χ4v) is 4.55. The molecule has 4 saturated carbocycles. The lowest BCUT2D eigenvalue weighted by atomic mass is 9.54. The first-order chi connectivity index (χ1) is 7.15. The van der Waals surface area contributed by atoms with Crippen molar-refractivity contribution in [3.63, 3.8) is 0 Å². The molecule has 0 aromatic heterocycles. The highest BCUT2D eigenvalue weighted by atomic mass is 16.5. The van der Waals surface area contributed by atoms with Gasteiger partial charge in [0.25, 0.3) is 0 Å². The van der Waals surface area contributed by atoms with Crippen LogP contribution >= 0.6 is 0 Å². The summed E-state index contributed by atoms with van der Waals surface area (Å²) in [6.07, 6.45) is 8.70. The molecule has 0 aromatic rings. The Balaban J connectivity index is 1.70. The Hall–Kier alpha value is -0.0400. The van der Waals surface area contributed by atoms with E-state index >= 15 is 0 Å². The third-order valence-corrected chi connectivity index (χ3v) is 4.70. The largest absolute Gasteiger partial charge is 0.375 e. The average molecular weight is 208 g/mol. The third-order valence-electron chi connectivity index (χ3n) is 4.70. The quantitative estimate of drug-likeness (QED) is 0.688. The Labute approximate surface area is 93.6 Å². The zero-order chi connectivity index (χ0) is 10.5. The summed E-state index contributed by atoms with van der Waals surface area (Å²) in [5.41, 5.74) is 0.332. The molecule has 0 amide bonds. The second-order valence-electron chi connectivity index (χ2n) is 6.81. The van der Waals surface area contributed by atoms with Gasteiger partial charge in [-0.25, -0.2) is 0 Å². The van der Waals surface area contributed by atoms with Crippen molar-refractivity contribution in [1.82, 2.24) is 0 Å². The van der Waals surface area contributed by atoms with Gasteiger partial charge in [0.1, 0.15) is 0 Å². The predicted molar refractivity (Wildman–Crippen MR) is 61.7 cm³/mol. The molecule has 0 aliphatic heterocycles. The van der Waals surface area contributed by atoms with Gasteiger partial charge in [-0.05, 0) is 62.2 Å². The number of rotatable bonds is 3. The van der Waals surface area contributed by atoms with Gasteiger partial charge in [-0.15, -0.1) is 0 Å². The van der Waals surface area contributed by atoms with Crippen LogP contribution in [0.1, 0.15) is 52.4 Å². The Morgan fingerprint density at radius 3 is 1.87 bits per heavy atom. The summed E-state index contributed by atoms with van der Waals surface area (Å²) >= 11 is 0. The van der Waals surface area contributed by atoms with Crippen molar-refractivity contribution in [3.05, 3.63) is 0 Å². The van der Waals surface area contributed by atoms with Crippen LogP contribution in [0.3, 0.4) is 0 Å². The zero-order valence-corrected chi connectivity index (χ0v) is 10.2. The summed E-state index contributed by atoms with van der Waals surface area (Å²) < 4.78 is 6.30. The van der Waals surface area contributed by atoms with Gasteiger partial charge < -0.3 is 4.74 Å². The minimum absolute atomic E-state index is 0.332. The molecule has 86 valence electrons. The molecule has 0 atom stereocenters. The smallest absolute Gasteiger partial charge is 0.0690 e. The molecule has 1 heteroatoms. The third kappa shape index (κ3) is 1.84. The molecule has 4 aliphatic rings. The molecule has 4 rings (SSSR count). The lowest BCUT2D eigenvalue weighted by Crippen LogP contribution is -2.52. The molecule has 15 heavy (non-hydrogen) atoms. The van der Waals surface area contributed by atoms with Crippen LogP contribution in [0.5, 0.6) is 0 Å². The number of ether oxygens (including phenoxy) is 1. The van der Waals surface area contributed by atoms with Crippen LogP contribution in [0.2, 0.25) is 0 Å². The first-order valence-corrected chi connectivity index (χ1v) is 6.79. The molecule has 4 bridgehead atoms. The van der Waals surface area contributed by atoms with Gasteiger partial charge in [0.2, 0.25) is 0 Å². The fourth-order valence-electron chi connectivity index (χ4n) is 4.55. The maximum absolute atomic E-state index is 6.30. The molecule has 0 saturated heterocycles. The van der Waals surface area contributed by atoms with Crippen molar-refractivity contribution in [2.75, 3.05) is 6.61 Å². The Morgan fingerprint density at radius 1 is 1.00 bits per heavy atom. The molecule has 0 spiro atoms. The molecule has 0 heterocycles. The van der Waals surface area contributed by atoms with Crippen LogP contribution in [0.15, 0.2) is 0 Å². The summed E-state index contributed by atoms with van der Waals surface area (Å²) in [5.74, 6) is 3.74. The lowest BCUT2D eigenvalue weighted by Gasteiger charge is -2.56. The summed E-state index contributed by atoms with van der Waals surface area (Å²) in [4.78, 5) is 0. The van der Waals surface area contributed by atoms with E-state index in [0.717, 1.165) is 24.4 Å². The molecule has 0 N–H and O–H groups in total. The van der Waals surface area contributed by atoms with Crippen molar-refractivity contribution < 1.29 is 4.74 Å². The summed E-state index contributed by atoms with van der Waals surface area (Å²) in [6.45, 7) is 5.51. The van der Waals surface area contributed by atoms with E-state index < -0.39 is 0 Å². The van der Waals surface area contributed by atoms with E-state index in [4.69, 9.17) is 4.74 Å². The van der Waals surface area contributed by atoms with Crippen LogP contribution in [0, 0.1) is 23.7 Å². The van der Waals surface area contributed by atoms with Crippen molar-refractivity contribution >= 4 is 0 Å². The summed E-state index contributed by atoms with van der Waals surface area (Å²) in [6, 6.07) is 0. The predicted octanol–water partition coefficient (Wildman–Crippen LogP) is 3.63. The van der Waals surface area contributed by atoms with Crippen LogP contribution < -0.4 is 0 Å². The maximum atomic E-state index is 6.30. The van der Waals surface area contributed by atoms with E-state index in [1.165, 1.54) is 38.5 Å². The highest BCUT2D eigenvalue weighted by molar-refractivity contribution is 5.03. The van der Waals surface area contributed by atoms with Crippen LogP contribution in [0.25, 0.3) is 0 Å². The van der Waals surface area contributed by atoms with Crippen LogP contribution in [0.4, 0.5) is 0 Å². The summed E-state index contributed by atoms with van der Waals surface area (Å²) in [7, 11) is 0. The minimum atomic E-state index is 0.332. The minimum Gasteiger partial charge on any atom is -0.375 e. The van der Waals surface area contributed by atoms with Gasteiger partial charge in [-0.3, -0.25) is 0 Å². The van der Waals surface area contributed by atoms with E-state index in [-0.39, 0.29) is 0 Å². The Bertz CT molecular complexity index is 208.